The molecule has 22 heavy (non-hydrogen) atoms. The minimum atomic E-state index is -0.365. The summed E-state index contributed by atoms with van der Waals surface area (Å²) in [4.78, 5) is 11.8. The van der Waals surface area contributed by atoms with Crippen LogP contribution in [0.5, 0.6) is 0 Å². The van der Waals surface area contributed by atoms with Crippen molar-refractivity contribution in [2.24, 2.45) is 0 Å². The fourth-order valence-electron chi connectivity index (χ4n) is 1.89. The third-order valence-corrected chi connectivity index (χ3v) is 3.58. The van der Waals surface area contributed by atoms with E-state index in [9.17, 15) is 4.79 Å². The molecule has 2 N–H and O–H groups in total. The van der Waals surface area contributed by atoms with E-state index in [-0.39, 0.29) is 6.03 Å². The predicted octanol–water partition coefficient (Wildman–Crippen LogP) is 2.74. The molecular weight excluding hydrogens is 300 g/mol. The molecule has 0 saturated carbocycles. The van der Waals surface area contributed by atoms with Crippen LogP contribution in [0.3, 0.4) is 0 Å². The number of aryl methyl sites for hydroxylation is 1. The molecule has 0 radical (unpaired) electrons. The Bertz CT molecular complexity index is 767. The first kappa shape index (κ1) is 14.2. The summed E-state index contributed by atoms with van der Waals surface area (Å²) in [5.41, 5.74) is 1.76. The van der Waals surface area contributed by atoms with Gasteiger partial charge in [-0.05, 0) is 12.5 Å². The molecule has 0 aliphatic carbocycles. The van der Waals surface area contributed by atoms with Crippen LogP contribution < -0.4 is 10.6 Å². The zero-order valence-corrected chi connectivity index (χ0v) is 12.7. The quantitative estimate of drug-likeness (QED) is 0.775. The van der Waals surface area contributed by atoms with Crippen LogP contribution in [0.15, 0.2) is 42.7 Å². The van der Waals surface area contributed by atoms with Crippen molar-refractivity contribution in [3.63, 3.8) is 0 Å². The molecule has 0 spiro atoms. The van der Waals surface area contributed by atoms with Crippen molar-refractivity contribution < 1.29 is 4.79 Å². The maximum Gasteiger partial charge on any atom is 0.325 e. The lowest BCUT2D eigenvalue weighted by atomic mass is 10.2. The SMILES string of the molecule is Cc1nnc(NC(=O)Nc2cnn(Cc3ccccc3)c2)s1. The zero-order valence-electron chi connectivity index (χ0n) is 11.9. The molecule has 3 rings (SSSR count). The standard InChI is InChI=1S/C14H14N6OS/c1-10-18-19-14(22-10)17-13(21)16-12-7-15-20(9-12)8-11-5-3-2-4-6-11/h2-7,9H,8H2,1H3,(H2,16,17,19,21). The minimum Gasteiger partial charge on any atom is -0.305 e. The Labute approximate surface area is 131 Å². The second-order valence-corrected chi connectivity index (χ2v) is 5.80. The Morgan fingerprint density at radius 2 is 2.05 bits per heavy atom. The van der Waals surface area contributed by atoms with Crippen molar-refractivity contribution in [3.05, 3.63) is 53.3 Å². The van der Waals surface area contributed by atoms with E-state index in [1.54, 1.807) is 17.1 Å². The molecular formula is C14H14N6OS. The second-order valence-electron chi connectivity index (χ2n) is 4.62. The summed E-state index contributed by atoms with van der Waals surface area (Å²) in [5, 5.41) is 18.5. The number of urea groups is 1. The first-order chi connectivity index (χ1) is 10.7. The molecule has 0 unspecified atom stereocenters. The van der Waals surface area contributed by atoms with Gasteiger partial charge in [0.25, 0.3) is 0 Å². The Kier molecular flexibility index (Phi) is 4.10. The van der Waals surface area contributed by atoms with Gasteiger partial charge in [0.1, 0.15) is 5.01 Å². The largest absolute Gasteiger partial charge is 0.325 e. The van der Waals surface area contributed by atoms with Gasteiger partial charge in [0.2, 0.25) is 5.13 Å². The number of hydrogen-bond donors (Lipinski definition) is 2. The third-order valence-electron chi connectivity index (χ3n) is 2.83. The molecule has 7 nitrogen and oxygen atoms in total. The normalized spacial score (nSPS) is 10.4. The number of benzene rings is 1. The molecule has 0 atom stereocenters. The van der Waals surface area contributed by atoms with E-state index < -0.39 is 0 Å². The van der Waals surface area contributed by atoms with Crippen molar-refractivity contribution in [1.29, 1.82) is 0 Å². The highest BCUT2D eigenvalue weighted by Crippen LogP contribution is 2.14. The molecule has 2 aromatic heterocycles. The smallest absolute Gasteiger partial charge is 0.305 e. The van der Waals surface area contributed by atoms with Gasteiger partial charge in [0, 0.05) is 6.20 Å². The lowest BCUT2D eigenvalue weighted by Crippen LogP contribution is -2.19. The van der Waals surface area contributed by atoms with Gasteiger partial charge in [-0.15, -0.1) is 10.2 Å². The highest BCUT2D eigenvalue weighted by molar-refractivity contribution is 7.15. The van der Waals surface area contributed by atoms with E-state index in [1.165, 1.54) is 11.3 Å². The first-order valence-electron chi connectivity index (χ1n) is 6.63. The van der Waals surface area contributed by atoms with Crippen LogP contribution >= 0.6 is 11.3 Å². The minimum absolute atomic E-state index is 0.365. The number of carbonyl (C=O) groups is 1. The van der Waals surface area contributed by atoms with Crippen LogP contribution in [0.1, 0.15) is 10.6 Å². The molecule has 112 valence electrons. The first-order valence-corrected chi connectivity index (χ1v) is 7.45. The predicted molar refractivity (Wildman–Crippen MR) is 85.1 cm³/mol. The highest BCUT2D eigenvalue weighted by Gasteiger charge is 2.08. The summed E-state index contributed by atoms with van der Waals surface area (Å²) in [7, 11) is 0. The van der Waals surface area contributed by atoms with E-state index in [0.717, 1.165) is 10.6 Å². The zero-order chi connectivity index (χ0) is 15.4. The molecule has 2 amide bonds. The molecule has 0 bridgehead atoms. The third kappa shape index (κ3) is 3.67. The molecule has 3 aromatic rings. The van der Waals surface area contributed by atoms with Gasteiger partial charge >= 0.3 is 6.03 Å². The number of anilines is 2. The summed E-state index contributed by atoms with van der Waals surface area (Å²) >= 11 is 1.32. The van der Waals surface area contributed by atoms with Crippen molar-refractivity contribution >= 4 is 28.2 Å². The van der Waals surface area contributed by atoms with E-state index in [4.69, 9.17) is 0 Å². The highest BCUT2D eigenvalue weighted by atomic mass is 32.1. The number of nitrogens with zero attached hydrogens (tertiary/aromatic N) is 4. The lowest BCUT2D eigenvalue weighted by Gasteiger charge is -2.02. The molecule has 0 aliphatic heterocycles. The fourth-order valence-corrected chi connectivity index (χ4v) is 2.48. The average Bonchev–Trinajstić information content (AvgIpc) is 3.09. The molecule has 0 aliphatic rings. The van der Waals surface area contributed by atoms with Gasteiger partial charge in [0.05, 0.1) is 18.4 Å². The number of carbonyl (C=O) groups excluding carboxylic acids is 1. The molecule has 2 heterocycles. The van der Waals surface area contributed by atoms with E-state index >= 15 is 0 Å². The van der Waals surface area contributed by atoms with Crippen LogP contribution in [0, 0.1) is 6.92 Å². The maximum absolute atomic E-state index is 11.8. The monoisotopic (exact) mass is 314 g/mol. The number of aromatic nitrogens is 4. The summed E-state index contributed by atoms with van der Waals surface area (Å²) in [6, 6.07) is 9.62. The van der Waals surface area contributed by atoms with Crippen molar-refractivity contribution in [3.8, 4) is 0 Å². The summed E-state index contributed by atoms with van der Waals surface area (Å²) in [5.74, 6) is 0. The Hall–Kier alpha value is -2.74. The number of hydrogen-bond acceptors (Lipinski definition) is 5. The van der Waals surface area contributed by atoms with Crippen LogP contribution in [0.4, 0.5) is 15.6 Å². The van der Waals surface area contributed by atoms with Crippen molar-refractivity contribution in [1.82, 2.24) is 20.0 Å². The Morgan fingerprint density at radius 1 is 1.23 bits per heavy atom. The topological polar surface area (TPSA) is 84.7 Å². The average molecular weight is 314 g/mol. The maximum atomic E-state index is 11.8. The van der Waals surface area contributed by atoms with Crippen molar-refractivity contribution in [2.45, 2.75) is 13.5 Å². The Balaban J connectivity index is 1.58. The van der Waals surface area contributed by atoms with Gasteiger partial charge in [-0.25, -0.2) is 4.79 Å². The summed E-state index contributed by atoms with van der Waals surface area (Å²) < 4.78 is 1.76. The van der Waals surface area contributed by atoms with Gasteiger partial charge in [-0.1, -0.05) is 41.7 Å². The molecule has 0 fully saturated rings. The Morgan fingerprint density at radius 3 is 2.77 bits per heavy atom. The summed E-state index contributed by atoms with van der Waals surface area (Å²) in [6.07, 6.45) is 3.38. The summed E-state index contributed by atoms with van der Waals surface area (Å²) in [6.45, 7) is 2.48. The van der Waals surface area contributed by atoms with Gasteiger partial charge in [-0.2, -0.15) is 5.10 Å². The second kappa shape index (κ2) is 6.35. The molecule has 1 aromatic carbocycles. The van der Waals surface area contributed by atoms with E-state index in [0.29, 0.717) is 17.4 Å². The van der Waals surface area contributed by atoms with Crippen LogP contribution in [0.25, 0.3) is 0 Å². The van der Waals surface area contributed by atoms with Gasteiger partial charge in [0.15, 0.2) is 0 Å². The number of nitrogens with one attached hydrogen (secondary N) is 2. The van der Waals surface area contributed by atoms with Crippen LogP contribution in [0.2, 0.25) is 0 Å². The van der Waals surface area contributed by atoms with Crippen LogP contribution in [-0.2, 0) is 6.54 Å². The lowest BCUT2D eigenvalue weighted by molar-refractivity contribution is 0.262. The van der Waals surface area contributed by atoms with E-state index in [2.05, 4.69) is 25.9 Å². The van der Waals surface area contributed by atoms with E-state index in [1.807, 2.05) is 37.3 Å². The molecule has 8 heteroatoms. The fraction of sp³-hybridized carbons (Fsp3) is 0.143. The van der Waals surface area contributed by atoms with Gasteiger partial charge in [-0.3, -0.25) is 10.00 Å². The molecule has 0 saturated heterocycles. The van der Waals surface area contributed by atoms with Gasteiger partial charge < -0.3 is 5.32 Å². The van der Waals surface area contributed by atoms with Crippen molar-refractivity contribution in [2.75, 3.05) is 10.6 Å². The van der Waals surface area contributed by atoms with Crippen LogP contribution in [-0.4, -0.2) is 26.0 Å². The number of amides is 2. The number of rotatable bonds is 4.